The Kier molecular flexibility index (Phi) is 6.76. The van der Waals surface area contributed by atoms with Gasteiger partial charge in [-0.05, 0) is 43.7 Å². The van der Waals surface area contributed by atoms with Gasteiger partial charge in [-0.25, -0.2) is 4.79 Å². The number of rotatable bonds is 6. The molecule has 1 fully saturated rings. The zero-order valence-electron chi connectivity index (χ0n) is 14.5. The van der Waals surface area contributed by atoms with Crippen LogP contribution in [-0.4, -0.2) is 56.0 Å². The Hall–Kier alpha value is -2.61. The van der Waals surface area contributed by atoms with Gasteiger partial charge in [0, 0.05) is 25.7 Å². The molecule has 2 rings (SSSR count). The molecule has 0 bridgehead atoms. The Labute approximate surface area is 146 Å². The number of hydrogen-bond acceptors (Lipinski definition) is 5. The van der Waals surface area contributed by atoms with Crippen molar-refractivity contribution in [3.8, 4) is 5.75 Å². The van der Waals surface area contributed by atoms with Crippen LogP contribution >= 0.6 is 0 Å². The van der Waals surface area contributed by atoms with Crippen LogP contribution < -0.4 is 20.7 Å². The first-order valence-electron chi connectivity index (χ1n) is 8.24. The van der Waals surface area contributed by atoms with Gasteiger partial charge in [-0.15, -0.1) is 0 Å². The van der Waals surface area contributed by atoms with Crippen molar-refractivity contribution in [1.29, 1.82) is 0 Å². The molecule has 1 atom stereocenters. The minimum Gasteiger partial charge on any atom is -0.497 e. The zero-order chi connectivity index (χ0) is 18.2. The van der Waals surface area contributed by atoms with Gasteiger partial charge in [-0.3, -0.25) is 19.8 Å². The van der Waals surface area contributed by atoms with Crippen molar-refractivity contribution < 1.29 is 19.1 Å². The van der Waals surface area contributed by atoms with Gasteiger partial charge in [0.1, 0.15) is 5.75 Å². The van der Waals surface area contributed by atoms with E-state index in [2.05, 4.69) is 16.0 Å². The molecule has 0 radical (unpaired) electrons. The molecule has 1 saturated heterocycles. The van der Waals surface area contributed by atoms with Gasteiger partial charge >= 0.3 is 6.03 Å². The number of hydrogen-bond donors (Lipinski definition) is 3. The normalized spacial score (nSPS) is 17.0. The molecule has 3 N–H and O–H groups in total. The summed E-state index contributed by atoms with van der Waals surface area (Å²) in [6, 6.07) is 6.34. The van der Waals surface area contributed by atoms with Crippen molar-refractivity contribution in [2.75, 3.05) is 32.6 Å². The minimum absolute atomic E-state index is 0.0885. The summed E-state index contributed by atoms with van der Waals surface area (Å²) in [6.07, 6.45) is 1.82. The first kappa shape index (κ1) is 18.7. The number of urea groups is 1. The number of carbonyl (C=O) groups is 3. The van der Waals surface area contributed by atoms with Crippen LogP contribution in [0.3, 0.4) is 0 Å². The number of methoxy groups -OCH3 is 1. The van der Waals surface area contributed by atoms with E-state index in [-0.39, 0.29) is 24.3 Å². The van der Waals surface area contributed by atoms with E-state index in [4.69, 9.17) is 4.74 Å². The summed E-state index contributed by atoms with van der Waals surface area (Å²) < 4.78 is 5.09. The van der Waals surface area contributed by atoms with Gasteiger partial charge in [0.05, 0.1) is 13.2 Å². The van der Waals surface area contributed by atoms with Gasteiger partial charge in [0.25, 0.3) is 0 Å². The van der Waals surface area contributed by atoms with E-state index < -0.39 is 6.03 Å². The second kappa shape index (κ2) is 9.03. The third kappa shape index (κ3) is 5.46. The Morgan fingerprint density at radius 1 is 1.24 bits per heavy atom. The lowest BCUT2D eigenvalue weighted by molar-refractivity contribution is -0.123. The van der Waals surface area contributed by atoms with Crippen molar-refractivity contribution in [2.45, 2.75) is 25.3 Å². The van der Waals surface area contributed by atoms with Gasteiger partial charge in [0.15, 0.2) is 0 Å². The van der Waals surface area contributed by atoms with Crippen LogP contribution in [0.15, 0.2) is 24.3 Å². The molecule has 8 heteroatoms. The summed E-state index contributed by atoms with van der Waals surface area (Å²) in [5.74, 6) is 0.276. The van der Waals surface area contributed by atoms with Crippen molar-refractivity contribution >= 4 is 23.5 Å². The summed E-state index contributed by atoms with van der Waals surface area (Å²) in [4.78, 5) is 37.3. The number of likely N-dealkylation sites (tertiary alicyclic amines) is 1. The molecule has 0 aliphatic carbocycles. The van der Waals surface area contributed by atoms with E-state index in [1.807, 2.05) is 4.90 Å². The first-order chi connectivity index (χ1) is 12.0. The Balaban J connectivity index is 1.85. The summed E-state index contributed by atoms with van der Waals surface area (Å²) in [7, 11) is 3.03. The summed E-state index contributed by atoms with van der Waals surface area (Å²) in [5.41, 5.74) is 0.704. The lowest BCUT2D eigenvalue weighted by atomic mass is 10.2. The molecule has 136 valence electrons. The lowest BCUT2D eigenvalue weighted by Gasteiger charge is -2.23. The highest BCUT2D eigenvalue weighted by Crippen LogP contribution is 2.20. The van der Waals surface area contributed by atoms with Crippen molar-refractivity contribution in [3.05, 3.63) is 24.3 Å². The maximum absolute atomic E-state index is 12.5. The van der Waals surface area contributed by atoms with E-state index in [9.17, 15) is 14.4 Å². The summed E-state index contributed by atoms with van der Waals surface area (Å²) in [5, 5.41) is 7.44. The smallest absolute Gasteiger partial charge is 0.321 e. The number of amides is 4. The summed E-state index contributed by atoms with van der Waals surface area (Å²) >= 11 is 0. The van der Waals surface area contributed by atoms with E-state index in [0.29, 0.717) is 12.2 Å². The Morgan fingerprint density at radius 3 is 2.60 bits per heavy atom. The highest BCUT2D eigenvalue weighted by Gasteiger charge is 2.30. The second-order valence-electron chi connectivity index (χ2n) is 5.79. The minimum atomic E-state index is -0.528. The fourth-order valence-electron chi connectivity index (χ4n) is 2.79. The third-order valence-corrected chi connectivity index (χ3v) is 4.13. The van der Waals surface area contributed by atoms with Crippen molar-refractivity contribution in [3.63, 3.8) is 0 Å². The summed E-state index contributed by atoms with van der Waals surface area (Å²) in [6.45, 7) is 1.19. The van der Waals surface area contributed by atoms with Crippen LogP contribution in [-0.2, 0) is 9.59 Å². The fraction of sp³-hybridized carbons (Fsp3) is 0.471. The number of anilines is 1. The van der Waals surface area contributed by atoms with Crippen molar-refractivity contribution in [1.82, 2.24) is 15.5 Å². The molecule has 0 saturated carbocycles. The molecule has 1 aliphatic heterocycles. The van der Waals surface area contributed by atoms with Gasteiger partial charge < -0.3 is 15.4 Å². The van der Waals surface area contributed by atoms with Crippen molar-refractivity contribution in [2.24, 2.45) is 0 Å². The largest absolute Gasteiger partial charge is 0.497 e. The van der Waals surface area contributed by atoms with E-state index in [0.717, 1.165) is 25.1 Å². The Bertz CT molecular complexity index is 618. The molecule has 0 spiro atoms. The number of carbonyl (C=O) groups excluding carboxylic acids is 3. The maximum atomic E-state index is 12.5. The molecule has 1 aromatic carbocycles. The standard InChI is InChI=1S/C17H24N4O4/c1-18-17(24)20-15(22)9-11-21-10-3-4-14(21)16(23)19-12-5-7-13(25-2)8-6-12/h5-8,14H,3-4,9-11H2,1-2H3,(H,19,23)(H2,18,20,22,24). The van der Waals surface area contributed by atoms with Crippen LogP contribution in [0.25, 0.3) is 0 Å². The van der Waals surface area contributed by atoms with Gasteiger partial charge in [0.2, 0.25) is 11.8 Å². The molecule has 25 heavy (non-hydrogen) atoms. The van der Waals surface area contributed by atoms with E-state index in [1.165, 1.54) is 7.05 Å². The zero-order valence-corrected chi connectivity index (χ0v) is 14.5. The van der Waals surface area contributed by atoms with E-state index >= 15 is 0 Å². The second-order valence-corrected chi connectivity index (χ2v) is 5.79. The predicted molar refractivity (Wildman–Crippen MR) is 93.4 cm³/mol. The van der Waals surface area contributed by atoms with Crippen LogP contribution in [0.2, 0.25) is 0 Å². The SMILES string of the molecule is CNC(=O)NC(=O)CCN1CCCC1C(=O)Nc1ccc(OC)cc1. The highest BCUT2D eigenvalue weighted by atomic mass is 16.5. The van der Waals surface area contributed by atoms with Crippen LogP contribution in [0.5, 0.6) is 5.75 Å². The molecule has 0 aromatic heterocycles. The molecule has 8 nitrogen and oxygen atoms in total. The average Bonchev–Trinajstić information content (AvgIpc) is 3.09. The molecular weight excluding hydrogens is 324 g/mol. The maximum Gasteiger partial charge on any atom is 0.321 e. The molecular formula is C17H24N4O4. The molecule has 1 heterocycles. The molecule has 1 aromatic rings. The number of nitrogens with one attached hydrogen (secondary N) is 3. The number of ether oxygens (including phenoxy) is 1. The first-order valence-corrected chi connectivity index (χ1v) is 8.24. The highest BCUT2D eigenvalue weighted by molar-refractivity contribution is 5.95. The average molecular weight is 348 g/mol. The lowest BCUT2D eigenvalue weighted by Crippen LogP contribution is -2.43. The van der Waals surface area contributed by atoms with Gasteiger partial charge in [-0.2, -0.15) is 0 Å². The number of nitrogens with zero attached hydrogens (tertiary/aromatic N) is 1. The molecule has 4 amide bonds. The quantitative estimate of drug-likeness (QED) is 0.711. The van der Waals surface area contributed by atoms with Crippen LogP contribution in [0.4, 0.5) is 10.5 Å². The Morgan fingerprint density at radius 2 is 1.96 bits per heavy atom. The van der Waals surface area contributed by atoms with E-state index in [1.54, 1.807) is 31.4 Å². The van der Waals surface area contributed by atoms with Crippen LogP contribution in [0, 0.1) is 0 Å². The fourth-order valence-corrected chi connectivity index (χ4v) is 2.79. The number of imide groups is 1. The monoisotopic (exact) mass is 348 g/mol. The third-order valence-electron chi connectivity index (χ3n) is 4.13. The predicted octanol–water partition coefficient (Wildman–Crippen LogP) is 0.944. The molecule has 1 aliphatic rings. The molecule has 1 unspecified atom stereocenters. The van der Waals surface area contributed by atoms with Crippen LogP contribution in [0.1, 0.15) is 19.3 Å². The number of benzene rings is 1. The van der Waals surface area contributed by atoms with Gasteiger partial charge in [-0.1, -0.05) is 0 Å². The topological polar surface area (TPSA) is 99.8 Å².